The van der Waals surface area contributed by atoms with Crippen LogP contribution in [0.25, 0.3) is 66.1 Å². The van der Waals surface area contributed by atoms with Crippen LogP contribution in [0, 0.1) is 0 Å². The predicted octanol–water partition coefficient (Wildman–Crippen LogP) is 15.4. The number of nitrogens with zero attached hydrogens (tertiary/aromatic N) is 1. The molecule has 2 aliphatic rings. The van der Waals surface area contributed by atoms with E-state index in [-0.39, 0.29) is 10.8 Å². The lowest BCUT2D eigenvalue weighted by Gasteiger charge is -2.32. The number of anilines is 3. The Bertz CT molecular complexity index is 3050. The van der Waals surface area contributed by atoms with Crippen molar-refractivity contribution in [1.29, 1.82) is 0 Å². The Labute approximate surface area is 335 Å². The van der Waals surface area contributed by atoms with Crippen molar-refractivity contribution in [3.05, 3.63) is 210 Å². The van der Waals surface area contributed by atoms with E-state index in [2.05, 4.69) is 221 Å². The second kappa shape index (κ2) is 12.4. The molecule has 57 heavy (non-hydrogen) atoms. The predicted molar refractivity (Wildman–Crippen MR) is 242 cm³/mol. The largest absolute Gasteiger partial charge is 0.310 e. The lowest BCUT2D eigenvalue weighted by molar-refractivity contribution is 0.660. The summed E-state index contributed by atoms with van der Waals surface area (Å²) in [6.45, 7) is 9.54. The van der Waals surface area contributed by atoms with Crippen LogP contribution < -0.4 is 4.90 Å². The zero-order valence-corrected chi connectivity index (χ0v) is 32.8. The Balaban J connectivity index is 1.12. The van der Waals surface area contributed by atoms with E-state index in [9.17, 15) is 0 Å². The van der Waals surface area contributed by atoms with Crippen molar-refractivity contribution in [3.8, 4) is 44.5 Å². The normalized spacial score (nSPS) is 14.2. The fourth-order valence-corrected chi connectivity index (χ4v) is 10.3. The van der Waals surface area contributed by atoms with Crippen LogP contribution in [0.15, 0.2) is 188 Å². The SMILES string of the molecule is CC1(C)c2ccc(N(c3ccc(-c4cccc5cccc(-c6ccccc6)c45)cc3)c3cccc4c3C(C)(C)c3ccccc3-4)cc2-c2c1ccc1ccccc21. The summed E-state index contributed by atoms with van der Waals surface area (Å²) < 4.78 is 0. The van der Waals surface area contributed by atoms with Crippen LogP contribution in [-0.4, -0.2) is 0 Å². The molecular weight excluding hydrogens is 687 g/mol. The molecule has 0 unspecified atom stereocenters. The van der Waals surface area contributed by atoms with Crippen molar-refractivity contribution in [2.45, 2.75) is 38.5 Å². The molecule has 0 saturated carbocycles. The van der Waals surface area contributed by atoms with Crippen molar-refractivity contribution in [1.82, 2.24) is 0 Å². The molecule has 0 amide bonds. The number of benzene rings is 9. The van der Waals surface area contributed by atoms with Crippen LogP contribution in [-0.2, 0) is 10.8 Å². The Morgan fingerprint density at radius 2 is 0.947 bits per heavy atom. The highest BCUT2D eigenvalue weighted by Gasteiger charge is 2.40. The van der Waals surface area contributed by atoms with E-state index in [0.717, 1.165) is 11.4 Å². The maximum atomic E-state index is 2.52. The number of hydrogen-bond acceptors (Lipinski definition) is 1. The lowest BCUT2D eigenvalue weighted by atomic mass is 9.81. The van der Waals surface area contributed by atoms with Crippen molar-refractivity contribution in [2.24, 2.45) is 0 Å². The van der Waals surface area contributed by atoms with Gasteiger partial charge in [-0.2, -0.15) is 0 Å². The van der Waals surface area contributed by atoms with E-state index in [1.54, 1.807) is 0 Å². The summed E-state index contributed by atoms with van der Waals surface area (Å²) in [4.78, 5) is 2.52. The summed E-state index contributed by atoms with van der Waals surface area (Å²) in [5.74, 6) is 0. The third-order valence-electron chi connectivity index (χ3n) is 13.0. The number of hydrogen-bond donors (Lipinski definition) is 0. The Hall–Kier alpha value is -6.70. The van der Waals surface area contributed by atoms with E-state index in [1.807, 2.05) is 0 Å². The highest BCUT2D eigenvalue weighted by atomic mass is 15.1. The average Bonchev–Trinajstić information content (AvgIpc) is 3.63. The van der Waals surface area contributed by atoms with Gasteiger partial charge >= 0.3 is 0 Å². The highest BCUT2D eigenvalue weighted by molar-refractivity contribution is 6.07. The summed E-state index contributed by atoms with van der Waals surface area (Å²) in [6.07, 6.45) is 0. The maximum Gasteiger partial charge on any atom is 0.0508 e. The van der Waals surface area contributed by atoms with Crippen molar-refractivity contribution in [2.75, 3.05) is 4.90 Å². The quantitative estimate of drug-likeness (QED) is 0.170. The van der Waals surface area contributed by atoms with Crippen LogP contribution >= 0.6 is 0 Å². The summed E-state index contributed by atoms with van der Waals surface area (Å²) in [5, 5.41) is 5.12. The zero-order chi connectivity index (χ0) is 38.5. The van der Waals surface area contributed by atoms with E-state index in [4.69, 9.17) is 0 Å². The summed E-state index contributed by atoms with van der Waals surface area (Å²) >= 11 is 0. The van der Waals surface area contributed by atoms with E-state index < -0.39 is 0 Å². The van der Waals surface area contributed by atoms with Gasteiger partial charge in [-0.05, 0) is 119 Å². The van der Waals surface area contributed by atoms with Crippen molar-refractivity contribution >= 4 is 38.6 Å². The van der Waals surface area contributed by atoms with Crippen molar-refractivity contribution < 1.29 is 0 Å². The molecule has 0 saturated heterocycles. The maximum absolute atomic E-state index is 2.52. The smallest absolute Gasteiger partial charge is 0.0508 e. The molecule has 0 fully saturated rings. The molecule has 0 aromatic heterocycles. The molecule has 0 N–H and O–H groups in total. The van der Waals surface area contributed by atoms with Gasteiger partial charge in [-0.1, -0.05) is 185 Å². The average molecular weight is 730 g/mol. The highest BCUT2D eigenvalue weighted by Crippen LogP contribution is 2.56. The minimum atomic E-state index is -0.182. The molecule has 272 valence electrons. The van der Waals surface area contributed by atoms with Crippen LogP contribution in [0.1, 0.15) is 49.9 Å². The van der Waals surface area contributed by atoms with Gasteiger partial charge in [0.15, 0.2) is 0 Å². The van der Waals surface area contributed by atoms with Gasteiger partial charge in [0.2, 0.25) is 0 Å². The lowest BCUT2D eigenvalue weighted by Crippen LogP contribution is -2.21. The molecule has 9 aromatic rings. The first kappa shape index (κ1) is 33.6. The van der Waals surface area contributed by atoms with Gasteiger partial charge in [-0.3, -0.25) is 0 Å². The monoisotopic (exact) mass is 729 g/mol. The zero-order valence-electron chi connectivity index (χ0n) is 32.8. The van der Waals surface area contributed by atoms with Gasteiger partial charge in [0.1, 0.15) is 0 Å². The van der Waals surface area contributed by atoms with Crippen LogP contribution in [0.4, 0.5) is 17.1 Å². The molecule has 0 aliphatic heterocycles. The van der Waals surface area contributed by atoms with Crippen LogP contribution in [0.2, 0.25) is 0 Å². The fourth-order valence-electron chi connectivity index (χ4n) is 10.3. The molecule has 0 heterocycles. The molecular formula is C56H43N. The van der Waals surface area contributed by atoms with E-state index in [0.29, 0.717) is 0 Å². The van der Waals surface area contributed by atoms with Gasteiger partial charge in [0.05, 0.1) is 5.69 Å². The Kier molecular flexibility index (Phi) is 7.32. The third kappa shape index (κ3) is 4.95. The Morgan fingerprint density at radius 3 is 1.74 bits per heavy atom. The van der Waals surface area contributed by atoms with Crippen LogP contribution in [0.5, 0.6) is 0 Å². The first-order valence-corrected chi connectivity index (χ1v) is 20.2. The number of rotatable bonds is 5. The minimum absolute atomic E-state index is 0.103. The molecule has 11 rings (SSSR count). The Morgan fingerprint density at radius 1 is 0.368 bits per heavy atom. The molecule has 0 radical (unpaired) electrons. The summed E-state index contributed by atoms with van der Waals surface area (Å²) in [6, 6.07) is 70.0. The third-order valence-corrected chi connectivity index (χ3v) is 13.0. The van der Waals surface area contributed by atoms with Gasteiger partial charge in [0, 0.05) is 22.2 Å². The van der Waals surface area contributed by atoms with Crippen molar-refractivity contribution in [3.63, 3.8) is 0 Å². The summed E-state index contributed by atoms with van der Waals surface area (Å²) in [5.41, 5.74) is 19.0. The van der Waals surface area contributed by atoms with Gasteiger partial charge in [-0.25, -0.2) is 0 Å². The second-order valence-corrected chi connectivity index (χ2v) is 16.9. The number of fused-ring (bicyclic) bond motifs is 9. The summed E-state index contributed by atoms with van der Waals surface area (Å²) in [7, 11) is 0. The van der Waals surface area contributed by atoms with Gasteiger partial charge < -0.3 is 4.90 Å². The molecule has 0 spiro atoms. The standard InChI is InChI=1S/C56H43N/c1-55(2)49-34-32-41(35-47(49)53-44-20-9-8-17-37(44)29-33-50(53)55)57(51-26-14-24-46-45-21-10-11-25-48(45)56(3,4)54(46)51)40-30-27-38(28-31-40)43-23-13-19-39-18-12-22-42(52(39)43)36-15-6-5-7-16-36/h5-35H,1-4H3. The van der Waals surface area contributed by atoms with Gasteiger partial charge in [-0.15, -0.1) is 0 Å². The van der Waals surface area contributed by atoms with Crippen LogP contribution in [0.3, 0.4) is 0 Å². The molecule has 2 aliphatic carbocycles. The minimum Gasteiger partial charge on any atom is -0.310 e. The fraction of sp³-hybridized carbons (Fsp3) is 0.107. The first-order chi connectivity index (χ1) is 27.8. The topological polar surface area (TPSA) is 3.24 Å². The van der Waals surface area contributed by atoms with Gasteiger partial charge in [0.25, 0.3) is 0 Å². The first-order valence-electron chi connectivity index (χ1n) is 20.2. The molecule has 1 nitrogen and oxygen atoms in total. The van der Waals surface area contributed by atoms with E-state index >= 15 is 0 Å². The second-order valence-electron chi connectivity index (χ2n) is 16.9. The molecule has 9 aromatic carbocycles. The molecule has 0 bridgehead atoms. The molecule has 0 atom stereocenters. The van der Waals surface area contributed by atoms with E-state index in [1.165, 1.54) is 94.0 Å². The molecule has 1 heteroatoms.